The van der Waals surface area contributed by atoms with Crippen LogP contribution in [0.1, 0.15) is 22.3 Å². The molecule has 0 saturated heterocycles. The zero-order valence-corrected chi connectivity index (χ0v) is 20.0. The highest BCUT2D eigenvalue weighted by atomic mass is 32.2. The molecular weight excluding hydrogens is 444 g/mol. The van der Waals surface area contributed by atoms with E-state index in [1.54, 1.807) is 36.4 Å². The first-order valence-corrected chi connectivity index (χ1v) is 12.8. The van der Waals surface area contributed by atoms with Crippen molar-refractivity contribution in [3.63, 3.8) is 0 Å². The van der Waals surface area contributed by atoms with Crippen LogP contribution < -0.4 is 9.62 Å². The molecule has 0 fully saturated rings. The third-order valence-corrected chi connectivity index (χ3v) is 8.39. The molecule has 1 amide bonds. The molecule has 1 N–H and O–H groups in total. The number of anilines is 2. The standard InChI is InChI=1S/C28H26N2O3S/c1-19-8-6-13-26(20(19)2)30(34(32,33)23-10-4-3-5-11-23)18-27(31)29-25-17-16-22-15-14-21-9-7-12-24(25)28(21)22/h3-13,16-17H,14-15,18H2,1-2H3,(H,29,31). The van der Waals surface area contributed by atoms with Gasteiger partial charge in [-0.15, -0.1) is 0 Å². The fourth-order valence-corrected chi connectivity index (χ4v) is 6.20. The summed E-state index contributed by atoms with van der Waals surface area (Å²) in [6.45, 7) is 3.47. The van der Waals surface area contributed by atoms with Crippen LogP contribution in [0.3, 0.4) is 0 Å². The molecule has 0 saturated carbocycles. The van der Waals surface area contributed by atoms with Gasteiger partial charge in [0.15, 0.2) is 0 Å². The van der Waals surface area contributed by atoms with Gasteiger partial charge in [-0.05, 0) is 78.6 Å². The largest absolute Gasteiger partial charge is 0.324 e. The second-order valence-electron chi connectivity index (χ2n) is 8.70. The van der Waals surface area contributed by atoms with Crippen LogP contribution in [-0.2, 0) is 27.7 Å². The summed E-state index contributed by atoms with van der Waals surface area (Å²) in [7, 11) is -3.95. The molecule has 6 heteroatoms. The van der Waals surface area contributed by atoms with Crippen LogP contribution >= 0.6 is 0 Å². The smallest absolute Gasteiger partial charge is 0.264 e. The summed E-state index contributed by atoms with van der Waals surface area (Å²) in [5.74, 6) is -0.390. The quantitative estimate of drug-likeness (QED) is 0.411. The number of sulfonamides is 1. The Labute approximate surface area is 200 Å². The number of hydrogen-bond acceptors (Lipinski definition) is 3. The van der Waals surface area contributed by atoms with Gasteiger partial charge in [0.1, 0.15) is 6.54 Å². The van der Waals surface area contributed by atoms with E-state index in [1.165, 1.54) is 20.8 Å². The van der Waals surface area contributed by atoms with Gasteiger partial charge in [-0.25, -0.2) is 8.42 Å². The molecule has 0 spiro atoms. The molecule has 5 nitrogen and oxygen atoms in total. The fourth-order valence-electron chi connectivity index (χ4n) is 4.70. The van der Waals surface area contributed by atoms with Gasteiger partial charge >= 0.3 is 0 Å². The number of aryl methyl sites for hydroxylation is 3. The molecule has 0 aliphatic heterocycles. The zero-order valence-electron chi connectivity index (χ0n) is 19.2. The number of carbonyl (C=O) groups is 1. The van der Waals surface area contributed by atoms with Crippen LogP contribution in [-0.4, -0.2) is 20.9 Å². The van der Waals surface area contributed by atoms with Gasteiger partial charge in [0.25, 0.3) is 10.0 Å². The van der Waals surface area contributed by atoms with Crippen LogP contribution in [0.4, 0.5) is 11.4 Å². The van der Waals surface area contributed by atoms with Gasteiger partial charge in [-0.3, -0.25) is 9.10 Å². The minimum Gasteiger partial charge on any atom is -0.324 e. The van der Waals surface area contributed by atoms with E-state index in [1.807, 2.05) is 44.2 Å². The van der Waals surface area contributed by atoms with E-state index in [0.717, 1.165) is 29.4 Å². The summed E-state index contributed by atoms with van der Waals surface area (Å²) in [6, 6.07) is 23.8. The lowest BCUT2D eigenvalue weighted by Gasteiger charge is -2.26. The van der Waals surface area contributed by atoms with Crippen molar-refractivity contribution in [2.45, 2.75) is 31.6 Å². The van der Waals surface area contributed by atoms with E-state index in [9.17, 15) is 13.2 Å². The third-order valence-electron chi connectivity index (χ3n) is 6.61. The van der Waals surface area contributed by atoms with E-state index < -0.39 is 10.0 Å². The molecule has 172 valence electrons. The molecule has 1 aliphatic carbocycles. The summed E-state index contributed by atoms with van der Waals surface area (Å²) in [5.41, 5.74) is 5.54. The highest BCUT2D eigenvalue weighted by Gasteiger charge is 2.29. The SMILES string of the molecule is Cc1cccc(N(CC(=O)Nc2ccc3c4c(cccc24)CC3)S(=O)(=O)c2ccccc2)c1C. The number of benzene rings is 4. The highest BCUT2D eigenvalue weighted by molar-refractivity contribution is 7.92. The van der Waals surface area contributed by atoms with Crippen molar-refractivity contribution in [1.29, 1.82) is 0 Å². The second-order valence-corrected chi connectivity index (χ2v) is 10.6. The van der Waals surface area contributed by atoms with Crippen molar-refractivity contribution < 1.29 is 13.2 Å². The first kappa shape index (κ1) is 22.2. The molecule has 0 bridgehead atoms. The molecule has 0 heterocycles. The lowest BCUT2D eigenvalue weighted by Crippen LogP contribution is -2.38. The predicted molar refractivity (Wildman–Crippen MR) is 137 cm³/mol. The summed E-state index contributed by atoms with van der Waals surface area (Å²) in [4.78, 5) is 13.4. The Morgan fingerprint density at radius 3 is 2.32 bits per heavy atom. The number of rotatable bonds is 6. The van der Waals surface area contributed by atoms with Crippen molar-refractivity contribution in [3.05, 3.63) is 101 Å². The average Bonchev–Trinajstić information content (AvgIpc) is 3.26. The average molecular weight is 471 g/mol. The Morgan fingerprint density at radius 1 is 0.853 bits per heavy atom. The van der Waals surface area contributed by atoms with E-state index in [4.69, 9.17) is 0 Å². The van der Waals surface area contributed by atoms with Crippen LogP contribution in [0.5, 0.6) is 0 Å². The maximum Gasteiger partial charge on any atom is 0.264 e. The first-order chi connectivity index (χ1) is 16.4. The summed E-state index contributed by atoms with van der Waals surface area (Å²) in [6.07, 6.45) is 2.00. The van der Waals surface area contributed by atoms with Gasteiger partial charge in [0.05, 0.1) is 10.6 Å². The van der Waals surface area contributed by atoms with E-state index in [0.29, 0.717) is 11.4 Å². The molecule has 1 aliphatic rings. The van der Waals surface area contributed by atoms with Gasteiger partial charge in [0.2, 0.25) is 5.91 Å². The summed E-state index contributed by atoms with van der Waals surface area (Å²) >= 11 is 0. The van der Waals surface area contributed by atoms with Gasteiger partial charge in [-0.2, -0.15) is 0 Å². The number of amides is 1. The molecule has 0 radical (unpaired) electrons. The third kappa shape index (κ3) is 3.84. The minimum absolute atomic E-state index is 0.147. The van der Waals surface area contributed by atoms with Crippen molar-refractivity contribution in [2.24, 2.45) is 0 Å². The topological polar surface area (TPSA) is 66.5 Å². The number of nitrogens with one attached hydrogen (secondary N) is 1. The predicted octanol–water partition coefficient (Wildman–Crippen LogP) is 5.39. The van der Waals surface area contributed by atoms with E-state index >= 15 is 0 Å². The van der Waals surface area contributed by atoms with E-state index in [2.05, 4.69) is 17.4 Å². The molecule has 0 atom stereocenters. The number of hydrogen-bond donors (Lipinski definition) is 1. The Bertz CT molecular complexity index is 1500. The van der Waals surface area contributed by atoms with Crippen molar-refractivity contribution in [2.75, 3.05) is 16.2 Å². The Balaban J connectivity index is 1.52. The minimum atomic E-state index is -3.95. The first-order valence-electron chi connectivity index (χ1n) is 11.3. The molecular formula is C28H26N2O3S. The Morgan fingerprint density at radius 2 is 1.56 bits per heavy atom. The zero-order chi connectivity index (χ0) is 23.9. The lowest BCUT2D eigenvalue weighted by molar-refractivity contribution is -0.114. The van der Waals surface area contributed by atoms with Crippen LogP contribution in [0, 0.1) is 13.8 Å². The number of nitrogens with zero attached hydrogens (tertiary/aromatic N) is 1. The van der Waals surface area contributed by atoms with Gasteiger partial charge in [-0.1, -0.05) is 54.6 Å². The molecule has 0 unspecified atom stereocenters. The molecule has 34 heavy (non-hydrogen) atoms. The lowest BCUT2D eigenvalue weighted by atomic mass is 10.0. The Hall–Kier alpha value is -3.64. The fraction of sp³-hybridized carbons (Fsp3) is 0.179. The maximum atomic E-state index is 13.6. The number of carbonyl (C=O) groups excluding carboxylic acids is 1. The normalized spacial score (nSPS) is 12.6. The molecule has 4 aromatic carbocycles. The summed E-state index contributed by atoms with van der Waals surface area (Å²) < 4.78 is 28.5. The Kier molecular flexibility index (Phi) is 5.62. The van der Waals surface area contributed by atoms with Crippen LogP contribution in [0.15, 0.2) is 83.8 Å². The maximum absolute atomic E-state index is 13.6. The monoisotopic (exact) mass is 470 g/mol. The van der Waals surface area contributed by atoms with Crippen molar-refractivity contribution in [1.82, 2.24) is 0 Å². The van der Waals surface area contributed by atoms with Crippen LogP contribution in [0.2, 0.25) is 0 Å². The van der Waals surface area contributed by atoms with E-state index in [-0.39, 0.29) is 17.3 Å². The molecule has 0 aromatic heterocycles. The highest BCUT2D eigenvalue weighted by Crippen LogP contribution is 2.35. The van der Waals surface area contributed by atoms with Crippen molar-refractivity contribution in [3.8, 4) is 0 Å². The molecule has 4 aromatic rings. The van der Waals surface area contributed by atoms with Gasteiger partial charge in [0, 0.05) is 11.1 Å². The van der Waals surface area contributed by atoms with Gasteiger partial charge < -0.3 is 5.32 Å². The summed E-state index contributed by atoms with van der Waals surface area (Å²) in [5, 5.41) is 5.17. The van der Waals surface area contributed by atoms with Crippen molar-refractivity contribution >= 4 is 38.1 Å². The molecule has 5 rings (SSSR count). The second kappa shape index (κ2) is 8.61. The van der Waals surface area contributed by atoms with Crippen LogP contribution in [0.25, 0.3) is 10.8 Å².